The number of benzene rings is 3. The van der Waals surface area contributed by atoms with E-state index in [1.165, 1.54) is 25.2 Å². The smallest absolute Gasteiger partial charge is 0.337 e. The summed E-state index contributed by atoms with van der Waals surface area (Å²) in [4.78, 5) is 40.3. The molecule has 1 unspecified atom stereocenters. The van der Waals surface area contributed by atoms with Gasteiger partial charge in [0.25, 0.3) is 11.7 Å². The van der Waals surface area contributed by atoms with Crippen LogP contribution in [0.2, 0.25) is 0 Å². The van der Waals surface area contributed by atoms with Crippen LogP contribution in [-0.2, 0) is 14.3 Å². The second kappa shape index (κ2) is 11.0. The van der Waals surface area contributed by atoms with E-state index in [1.807, 2.05) is 6.92 Å². The molecule has 37 heavy (non-hydrogen) atoms. The number of esters is 1. The zero-order valence-electron chi connectivity index (χ0n) is 20.8. The standard InChI is InChI=1S/C29H27NO7/c1-4-15-37-21-12-8-9-18(17-21)26(31)24-25(22-13-5-6-14-23(22)35-2)30(28(33)27(24)32)20-11-7-10-19(16-20)29(34)36-3/h5-14,16-17,25,31H,4,15H2,1-3H3/b26-24+. The van der Waals surface area contributed by atoms with Gasteiger partial charge in [0.2, 0.25) is 0 Å². The highest BCUT2D eigenvalue weighted by atomic mass is 16.5. The van der Waals surface area contributed by atoms with Crippen LogP contribution < -0.4 is 14.4 Å². The first-order valence-corrected chi connectivity index (χ1v) is 11.8. The third-order valence-electron chi connectivity index (χ3n) is 6.00. The van der Waals surface area contributed by atoms with Crippen LogP contribution in [-0.4, -0.2) is 43.6 Å². The number of Topliss-reactive ketones (excluding diaryl/α,β-unsaturated/α-hetero) is 1. The second-order valence-electron chi connectivity index (χ2n) is 8.33. The molecule has 0 spiro atoms. The van der Waals surface area contributed by atoms with E-state index in [-0.39, 0.29) is 16.9 Å². The van der Waals surface area contributed by atoms with Crippen LogP contribution in [0, 0.1) is 0 Å². The molecule has 1 fully saturated rings. The number of ketones is 1. The molecule has 190 valence electrons. The van der Waals surface area contributed by atoms with Crippen molar-refractivity contribution in [3.05, 3.63) is 95.1 Å². The number of nitrogens with zero attached hydrogens (tertiary/aromatic N) is 1. The molecule has 0 bridgehead atoms. The largest absolute Gasteiger partial charge is 0.507 e. The molecule has 0 saturated carbocycles. The molecule has 4 rings (SSSR count). The normalized spacial score (nSPS) is 16.5. The number of aliphatic hydroxyl groups excluding tert-OH is 1. The Labute approximate surface area is 214 Å². The van der Waals surface area contributed by atoms with Crippen molar-refractivity contribution in [2.24, 2.45) is 0 Å². The van der Waals surface area contributed by atoms with Crippen molar-refractivity contribution in [1.82, 2.24) is 0 Å². The number of hydrogen-bond donors (Lipinski definition) is 1. The molecule has 8 heteroatoms. The summed E-state index contributed by atoms with van der Waals surface area (Å²) >= 11 is 0. The third-order valence-corrected chi connectivity index (χ3v) is 6.00. The first-order chi connectivity index (χ1) is 17.9. The van der Waals surface area contributed by atoms with Crippen molar-refractivity contribution >= 4 is 29.1 Å². The molecular weight excluding hydrogens is 474 g/mol. The Balaban J connectivity index is 1.93. The lowest BCUT2D eigenvalue weighted by atomic mass is 9.94. The van der Waals surface area contributed by atoms with Gasteiger partial charge in [-0.15, -0.1) is 0 Å². The zero-order chi connectivity index (χ0) is 26.5. The van der Waals surface area contributed by atoms with E-state index in [1.54, 1.807) is 66.7 Å². The van der Waals surface area contributed by atoms with Crippen molar-refractivity contribution in [2.75, 3.05) is 25.7 Å². The number of aliphatic hydroxyl groups is 1. The molecule has 3 aromatic rings. The minimum atomic E-state index is -1.02. The van der Waals surface area contributed by atoms with Gasteiger partial charge >= 0.3 is 5.97 Å². The van der Waals surface area contributed by atoms with E-state index in [9.17, 15) is 19.5 Å². The molecular formula is C29H27NO7. The summed E-state index contributed by atoms with van der Waals surface area (Å²) < 4.78 is 16.0. The minimum Gasteiger partial charge on any atom is -0.507 e. The van der Waals surface area contributed by atoms with E-state index in [4.69, 9.17) is 14.2 Å². The first-order valence-electron chi connectivity index (χ1n) is 11.8. The van der Waals surface area contributed by atoms with Crippen molar-refractivity contribution in [3.8, 4) is 11.5 Å². The van der Waals surface area contributed by atoms with Gasteiger partial charge in [0.05, 0.1) is 38.0 Å². The minimum absolute atomic E-state index is 0.106. The number of rotatable bonds is 8. The van der Waals surface area contributed by atoms with Crippen molar-refractivity contribution in [2.45, 2.75) is 19.4 Å². The fourth-order valence-electron chi connectivity index (χ4n) is 4.29. The maximum absolute atomic E-state index is 13.4. The van der Waals surface area contributed by atoms with Gasteiger partial charge in [-0.25, -0.2) is 4.79 Å². The number of carbonyl (C=O) groups is 3. The predicted octanol–water partition coefficient (Wildman–Crippen LogP) is 4.90. The topological polar surface area (TPSA) is 102 Å². The van der Waals surface area contributed by atoms with Crippen molar-refractivity contribution in [1.29, 1.82) is 0 Å². The highest BCUT2D eigenvalue weighted by molar-refractivity contribution is 6.51. The fraction of sp³-hybridized carbons (Fsp3) is 0.207. The number of methoxy groups -OCH3 is 2. The van der Waals surface area contributed by atoms with E-state index in [0.29, 0.717) is 34.9 Å². The Morgan fingerprint density at radius 1 is 0.946 bits per heavy atom. The Bertz CT molecular complexity index is 1380. The van der Waals surface area contributed by atoms with E-state index < -0.39 is 23.7 Å². The second-order valence-corrected chi connectivity index (χ2v) is 8.33. The van der Waals surface area contributed by atoms with E-state index in [0.717, 1.165) is 6.42 Å². The quantitative estimate of drug-likeness (QED) is 0.203. The van der Waals surface area contributed by atoms with E-state index >= 15 is 0 Å². The Morgan fingerprint density at radius 3 is 2.41 bits per heavy atom. The maximum atomic E-state index is 13.4. The molecule has 3 aromatic carbocycles. The number of hydrogen-bond acceptors (Lipinski definition) is 7. The maximum Gasteiger partial charge on any atom is 0.337 e. The molecule has 0 aromatic heterocycles. The summed E-state index contributed by atoms with van der Waals surface area (Å²) in [5.74, 6) is -1.69. The number of ether oxygens (including phenoxy) is 3. The predicted molar refractivity (Wildman–Crippen MR) is 138 cm³/mol. The van der Waals surface area contributed by atoms with Crippen LogP contribution in [0.5, 0.6) is 11.5 Å². The SMILES string of the molecule is CCCOc1cccc(/C(O)=C2\C(=O)C(=O)N(c3cccc(C(=O)OC)c3)C2c2ccccc2OC)c1. The zero-order valence-corrected chi connectivity index (χ0v) is 20.8. The number of carbonyl (C=O) groups excluding carboxylic acids is 3. The van der Waals surface area contributed by atoms with Crippen molar-refractivity contribution < 1.29 is 33.7 Å². The number of amides is 1. The van der Waals surface area contributed by atoms with Gasteiger partial charge in [-0.05, 0) is 42.8 Å². The van der Waals surface area contributed by atoms with Crippen LogP contribution in [0.15, 0.2) is 78.4 Å². The summed E-state index contributed by atoms with van der Waals surface area (Å²) in [5, 5.41) is 11.4. The monoisotopic (exact) mass is 501 g/mol. The lowest BCUT2D eigenvalue weighted by molar-refractivity contribution is -0.132. The van der Waals surface area contributed by atoms with Crippen LogP contribution in [0.25, 0.3) is 5.76 Å². The molecule has 1 saturated heterocycles. The Kier molecular flexibility index (Phi) is 7.57. The van der Waals surface area contributed by atoms with Crippen molar-refractivity contribution in [3.63, 3.8) is 0 Å². The molecule has 0 radical (unpaired) electrons. The van der Waals surface area contributed by atoms with Gasteiger partial charge in [0.1, 0.15) is 17.3 Å². The van der Waals surface area contributed by atoms with Gasteiger partial charge < -0.3 is 19.3 Å². The van der Waals surface area contributed by atoms with Gasteiger partial charge in [-0.3, -0.25) is 14.5 Å². The molecule has 0 aliphatic carbocycles. The summed E-state index contributed by atoms with van der Waals surface area (Å²) in [7, 11) is 2.74. The van der Waals surface area contributed by atoms with Gasteiger partial charge in [-0.1, -0.05) is 43.3 Å². The fourth-order valence-corrected chi connectivity index (χ4v) is 4.29. The Morgan fingerprint density at radius 2 is 1.68 bits per heavy atom. The van der Waals surface area contributed by atoms with Crippen LogP contribution in [0.3, 0.4) is 0 Å². The van der Waals surface area contributed by atoms with Crippen LogP contribution in [0.1, 0.15) is 40.9 Å². The Hall–Kier alpha value is -4.59. The molecule has 1 atom stereocenters. The molecule has 1 aliphatic heterocycles. The molecule has 1 aliphatic rings. The molecule has 1 N–H and O–H groups in total. The third kappa shape index (κ3) is 4.91. The average molecular weight is 502 g/mol. The summed E-state index contributed by atoms with van der Waals surface area (Å²) in [6.45, 7) is 2.47. The number of anilines is 1. The number of para-hydroxylation sites is 1. The van der Waals surface area contributed by atoms with Gasteiger partial charge in [0, 0.05) is 16.8 Å². The van der Waals surface area contributed by atoms with Gasteiger partial charge in [0.15, 0.2) is 0 Å². The highest BCUT2D eigenvalue weighted by Crippen LogP contribution is 2.45. The summed E-state index contributed by atoms with van der Waals surface area (Å²) in [5.41, 5.74) is 1.22. The van der Waals surface area contributed by atoms with Crippen LogP contribution >= 0.6 is 0 Å². The van der Waals surface area contributed by atoms with Crippen LogP contribution in [0.4, 0.5) is 5.69 Å². The average Bonchev–Trinajstić information content (AvgIpc) is 3.20. The summed E-state index contributed by atoms with van der Waals surface area (Å²) in [6, 6.07) is 18.9. The highest BCUT2D eigenvalue weighted by Gasteiger charge is 2.48. The lowest BCUT2D eigenvalue weighted by Crippen LogP contribution is -2.29. The molecule has 8 nitrogen and oxygen atoms in total. The lowest BCUT2D eigenvalue weighted by Gasteiger charge is -2.27. The summed E-state index contributed by atoms with van der Waals surface area (Å²) in [6.07, 6.45) is 0.805. The first kappa shape index (κ1) is 25.5. The molecule has 1 amide bonds. The van der Waals surface area contributed by atoms with E-state index in [2.05, 4.69) is 0 Å². The molecule has 1 heterocycles. The van der Waals surface area contributed by atoms with Gasteiger partial charge in [-0.2, -0.15) is 0 Å².